The highest BCUT2D eigenvalue weighted by molar-refractivity contribution is 6.30. The van der Waals surface area contributed by atoms with Gasteiger partial charge in [-0.25, -0.2) is 4.39 Å². The first-order valence-corrected chi connectivity index (χ1v) is 9.16. The average Bonchev–Trinajstić information content (AvgIpc) is 3.22. The molecule has 1 aromatic carbocycles. The summed E-state index contributed by atoms with van der Waals surface area (Å²) in [6.07, 6.45) is 1.82. The largest absolute Gasteiger partial charge is 0.337 e. The van der Waals surface area contributed by atoms with Gasteiger partial charge in [0.25, 0.3) is 0 Å². The van der Waals surface area contributed by atoms with E-state index < -0.39 is 5.82 Å². The smallest absolute Gasteiger partial charge is 0.249 e. The molecule has 2 fully saturated rings. The van der Waals surface area contributed by atoms with Crippen molar-refractivity contribution < 1.29 is 13.7 Å². The van der Waals surface area contributed by atoms with Gasteiger partial charge in [0, 0.05) is 39.0 Å². The second-order valence-corrected chi connectivity index (χ2v) is 7.41. The zero-order chi connectivity index (χ0) is 18.3. The molecule has 2 aliphatic rings. The number of benzene rings is 1. The third-order valence-electron chi connectivity index (χ3n) is 5.11. The summed E-state index contributed by atoms with van der Waals surface area (Å²) < 4.78 is 18.7. The van der Waals surface area contributed by atoms with Gasteiger partial charge in [0.2, 0.25) is 11.8 Å². The quantitative estimate of drug-likeness (QED) is 0.817. The Bertz CT molecular complexity index is 821. The molecule has 1 aromatic heterocycles. The molecule has 0 N–H and O–H groups in total. The lowest BCUT2D eigenvalue weighted by molar-refractivity contribution is -0.130. The van der Waals surface area contributed by atoms with Crippen molar-refractivity contribution in [1.82, 2.24) is 19.9 Å². The number of hydrogen-bond acceptors (Lipinski definition) is 5. The number of nitrogens with zero attached hydrogens (tertiary/aromatic N) is 4. The summed E-state index contributed by atoms with van der Waals surface area (Å²) >= 11 is 5.83. The van der Waals surface area contributed by atoms with Gasteiger partial charge in [0.05, 0.1) is 5.02 Å². The van der Waals surface area contributed by atoms with Gasteiger partial charge in [0.1, 0.15) is 11.9 Å². The first-order valence-electron chi connectivity index (χ1n) is 8.78. The standard InChI is InChI=1S/C18H20ClFN4O2/c1-11(25)24-6-2-3-16(24)18-21-17(22-26-18)13-9-23(10-13)8-12-4-5-15(20)14(19)7-12/h4-5,7,13,16H,2-3,6,8-10H2,1H3. The van der Waals surface area contributed by atoms with Crippen molar-refractivity contribution in [2.75, 3.05) is 19.6 Å². The molecule has 0 aliphatic carbocycles. The molecule has 1 atom stereocenters. The zero-order valence-corrected chi connectivity index (χ0v) is 15.2. The minimum atomic E-state index is -0.400. The summed E-state index contributed by atoms with van der Waals surface area (Å²) in [7, 11) is 0. The van der Waals surface area contributed by atoms with Crippen LogP contribution in [-0.4, -0.2) is 45.5 Å². The Kier molecular flexibility index (Phi) is 4.67. The Morgan fingerprint density at radius 2 is 2.23 bits per heavy atom. The van der Waals surface area contributed by atoms with Crippen molar-refractivity contribution in [2.24, 2.45) is 0 Å². The third-order valence-corrected chi connectivity index (χ3v) is 5.40. The van der Waals surface area contributed by atoms with Crippen molar-refractivity contribution in [3.63, 3.8) is 0 Å². The average molecular weight is 379 g/mol. The van der Waals surface area contributed by atoms with Crippen molar-refractivity contribution in [2.45, 2.75) is 38.3 Å². The lowest BCUT2D eigenvalue weighted by atomic mass is 9.98. The van der Waals surface area contributed by atoms with Gasteiger partial charge < -0.3 is 9.42 Å². The predicted molar refractivity (Wildman–Crippen MR) is 93.1 cm³/mol. The molecule has 0 radical (unpaired) electrons. The fourth-order valence-electron chi connectivity index (χ4n) is 3.71. The molecule has 2 saturated heterocycles. The number of likely N-dealkylation sites (tertiary alicyclic amines) is 2. The van der Waals surface area contributed by atoms with E-state index in [9.17, 15) is 9.18 Å². The van der Waals surface area contributed by atoms with Crippen LogP contribution in [0.5, 0.6) is 0 Å². The first-order chi connectivity index (χ1) is 12.5. The van der Waals surface area contributed by atoms with Crippen LogP contribution >= 0.6 is 11.6 Å². The van der Waals surface area contributed by atoms with E-state index in [0.29, 0.717) is 18.3 Å². The Labute approximate surface area is 155 Å². The molecule has 2 aromatic rings. The molecule has 0 saturated carbocycles. The molecule has 6 nitrogen and oxygen atoms in total. The van der Waals surface area contributed by atoms with Crippen LogP contribution < -0.4 is 0 Å². The van der Waals surface area contributed by atoms with Crippen LogP contribution in [0.2, 0.25) is 5.02 Å². The molecule has 1 amide bonds. The third kappa shape index (κ3) is 3.33. The van der Waals surface area contributed by atoms with Crippen LogP contribution in [0.3, 0.4) is 0 Å². The normalized spacial score (nSPS) is 21.2. The van der Waals surface area contributed by atoms with Gasteiger partial charge in [-0.3, -0.25) is 9.69 Å². The molecule has 0 bridgehead atoms. The number of carbonyl (C=O) groups excluding carboxylic acids is 1. The fraction of sp³-hybridized carbons (Fsp3) is 0.500. The summed E-state index contributed by atoms with van der Waals surface area (Å²) in [4.78, 5) is 20.3. The molecule has 0 spiro atoms. The first kappa shape index (κ1) is 17.4. The maximum atomic E-state index is 13.2. The van der Waals surface area contributed by atoms with Crippen LogP contribution in [-0.2, 0) is 11.3 Å². The molecule has 26 heavy (non-hydrogen) atoms. The highest BCUT2D eigenvalue weighted by atomic mass is 35.5. The molecule has 1 unspecified atom stereocenters. The molecule has 4 rings (SSSR count). The van der Waals surface area contributed by atoms with Gasteiger partial charge in [-0.2, -0.15) is 4.98 Å². The van der Waals surface area contributed by atoms with Crippen LogP contribution in [0.4, 0.5) is 4.39 Å². The number of aromatic nitrogens is 2. The number of halogens is 2. The summed E-state index contributed by atoms with van der Waals surface area (Å²) in [5.41, 5.74) is 0.978. The minimum Gasteiger partial charge on any atom is -0.337 e. The molecule has 138 valence electrons. The lowest BCUT2D eigenvalue weighted by Crippen LogP contribution is -2.44. The highest BCUT2D eigenvalue weighted by Crippen LogP contribution is 2.33. The lowest BCUT2D eigenvalue weighted by Gasteiger charge is -2.37. The zero-order valence-electron chi connectivity index (χ0n) is 14.5. The van der Waals surface area contributed by atoms with Gasteiger partial charge >= 0.3 is 0 Å². The van der Waals surface area contributed by atoms with E-state index >= 15 is 0 Å². The van der Waals surface area contributed by atoms with Gasteiger partial charge in [-0.15, -0.1) is 0 Å². The highest BCUT2D eigenvalue weighted by Gasteiger charge is 2.36. The van der Waals surface area contributed by atoms with Gasteiger partial charge in [-0.1, -0.05) is 22.8 Å². The van der Waals surface area contributed by atoms with Crippen molar-refractivity contribution in [3.8, 4) is 0 Å². The van der Waals surface area contributed by atoms with E-state index in [1.54, 1.807) is 24.0 Å². The topological polar surface area (TPSA) is 62.5 Å². The van der Waals surface area contributed by atoms with E-state index in [2.05, 4.69) is 15.0 Å². The van der Waals surface area contributed by atoms with E-state index in [0.717, 1.165) is 38.0 Å². The molecular weight excluding hydrogens is 359 g/mol. The fourth-order valence-corrected chi connectivity index (χ4v) is 3.91. The number of amides is 1. The van der Waals surface area contributed by atoms with Crippen LogP contribution in [0.25, 0.3) is 0 Å². The maximum Gasteiger partial charge on any atom is 0.249 e. The van der Waals surface area contributed by atoms with E-state index in [-0.39, 0.29) is 22.9 Å². The predicted octanol–water partition coefficient (Wildman–Crippen LogP) is 3.14. The summed E-state index contributed by atoms with van der Waals surface area (Å²) in [6.45, 7) is 4.66. The molecule has 8 heteroatoms. The number of rotatable bonds is 4. The van der Waals surface area contributed by atoms with Gasteiger partial charge in [0.15, 0.2) is 5.82 Å². The van der Waals surface area contributed by atoms with Crippen LogP contribution in [0.15, 0.2) is 22.7 Å². The Morgan fingerprint density at radius 1 is 1.42 bits per heavy atom. The minimum absolute atomic E-state index is 0.0417. The summed E-state index contributed by atoms with van der Waals surface area (Å²) in [6, 6.07) is 4.71. The second-order valence-electron chi connectivity index (χ2n) is 7.00. The Morgan fingerprint density at radius 3 is 2.96 bits per heavy atom. The van der Waals surface area contributed by atoms with Crippen molar-refractivity contribution >= 4 is 17.5 Å². The van der Waals surface area contributed by atoms with E-state index in [4.69, 9.17) is 16.1 Å². The SMILES string of the molecule is CC(=O)N1CCCC1c1nc(C2CN(Cc3ccc(F)c(Cl)c3)C2)no1. The second kappa shape index (κ2) is 6.96. The Balaban J connectivity index is 1.35. The van der Waals surface area contributed by atoms with Crippen molar-refractivity contribution in [1.29, 1.82) is 0 Å². The summed E-state index contributed by atoms with van der Waals surface area (Å²) in [5, 5.41) is 4.27. The molecule has 3 heterocycles. The number of hydrogen-bond donors (Lipinski definition) is 0. The van der Waals surface area contributed by atoms with E-state index in [1.165, 1.54) is 6.07 Å². The van der Waals surface area contributed by atoms with Crippen molar-refractivity contribution in [3.05, 3.63) is 46.3 Å². The van der Waals surface area contributed by atoms with E-state index in [1.807, 2.05) is 0 Å². The Hall–Kier alpha value is -1.99. The molecule has 2 aliphatic heterocycles. The monoisotopic (exact) mass is 378 g/mol. The number of carbonyl (C=O) groups is 1. The van der Waals surface area contributed by atoms with Crippen LogP contribution in [0.1, 0.15) is 49.0 Å². The van der Waals surface area contributed by atoms with Gasteiger partial charge in [-0.05, 0) is 30.5 Å². The molecular formula is C18H20ClFN4O2. The summed E-state index contributed by atoms with van der Waals surface area (Å²) in [5.74, 6) is 1.10. The van der Waals surface area contributed by atoms with Crippen LogP contribution in [0, 0.1) is 5.82 Å². The maximum absolute atomic E-state index is 13.2.